The molecule has 0 atom stereocenters. The standard InChI is InChI=1S/C10H14N6O/c1-10(2,3)8(17)14-7-5-6(13-4-12-5)15-9(11)16-7/h4H,1-3H3,(H4,11,12,13,14,15,16,17). The van der Waals surface area contributed by atoms with Crippen molar-refractivity contribution in [1.29, 1.82) is 0 Å². The predicted molar refractivity (Wildman–Crippen MR) is 64.2 cm³/mol. The van der Waals surface area contributed by atoms with Crippen LogP contribution in [0.1, 0.15) is 20.8 Å². The molecule has 0 saturated heterocycles. The van der Waals surface area contributed by atoms with E-state index in [0.29, 0.717) is 17.0 Å². The highest BCUT2D eigenvalue weighted by Crippen LogP contribution is 2.21. The van der Waals surface area contributed by atoms with Crippen molar-refractivity contribution in [2.75, 3.05) is 11.1 Å². The second kappa shape index (κ2) is 3.69. The summed E-state index contributed by atoms with van der Waals surface area (Å²) < 4.78 is 0. The fraction of sp³-hybridized carbons (Fsp3) is 0.400. The molecule has 2 rings (SSSR count). The minimum Gasteiger partial charge on any atom is -0.368 e. The maximum absolute atomic E-state index is 11.9. The minimum absolute atomic E-state index is 0.0776. The van der Waals surface area contributed by atoms with E-state index in [2.05, 4.69) is 25.3 Å². The summed E-state index contributed by atoms with van der Waals surface area (Å²) in [5.41, 5.74) is 6.03. The van der Waals surface area contributed by atoms with E-state index >= 15 is 0 Å². The molecule has 0 aliphatic carbocycles. The van der Waals surface area contributed by atoms with Gasteiger partial charge in [0.15, 0.2) is 11.5 Å². The molecule has 0 bridgehead atoms. The van der Waals surface area contributed by atoms with Gasteiger partial charge in [-0.1, -0.05) is 20.8 Å². The lowest BCUT2D eigenvalue weighted by Crippen LogP contribution is -2.28. The number of rotatable bonds is 1. The van der Waals surface area contributed by atoms with Crippen molar-refractivity contribution in [2.24, 2.45) is 5.41 Å². The van der Waals surface area contributed by atoms with Gasteiger partial charge in [-0.2, -0.15) is 9.97 Å². The third kappa shape index (κ3) is 2.17. The number of hydrogen-bond donors (Lipinski definition) is 3. The quantitative estimate of drug-likeness (QED) is 0.679. The third-order valence-electron chi connectivity index (χ3n) is 2.22. The number of carbonyl (C=O) groups excluding carboxylic acids is 1. The number of nitrogens with zero attached hydrogens (tertiary/aromatic N) is 3. The molecule has 0 aliphatic rings. The summed E-state index contributed by atoms with van der Waals surface area (Å²) in [6.45, 7) is 5.45. The van der Waals surface area contributed by atoms with Crippen molar-refractivity contribution in [3.05, 3.63) is 6.33 Å². The van der Waals surface area contributed by atoms with Gasteiger partial charge >= 0.3 is 0 Å². The van der Waals surface area contributed by atoms with E-state index in [-0.39, 0.29) is 11.9 Å². The monoisotopic (exact) mass is 234 g/mol. The molecule has 0 saturated carbocycles. The Labute approximate surface area is 97.9 Å². The van der Waals surface area contributed by atoms with Gasteiger partial charge in [0, 0.05) is 5.41 Å². The summed E-state index contributed by atoms with van der Waals surface area (Å²) in [6.07, 6.45) is 1.48. The van der Waals surface area contributed by atoms with Crippen LogP contribution in [-0.2, 0) is 4.79 Å². The predicted octanol–water partition coefficient (Wildman–Crippen LogP) is 0.920. The largest absolute Gasteiger partial charge is 0.368 e. The molecule has 4 N–H and O–H groups in total. The number of nitrogens with one attached hydrogen (secondary N) is 2. The van der Waals surface area contributed by atoms with Crippen LogP contribution in [-0.4, -0.2) is 25.8 Å². The Morgan fingerprint density at radius 1 is 1.41 bits per heavy atom. The molecule has 0 aromatic carbocycles. The lowest BCUT2D eigenvalue weighted by atomic mass is 9.96. The smallest absolute Gasteiger partial charge is 0.230 e. The first-order valence-electron chi connectivity index (χ1n) is 5.16. The van der Waals surface area contributed by atoms with Crippen molar-refractivity contribution in [3.63, 3.8) is 0 Å². The first-order chi connectivity index (χ1) is 7.88. The van der Waals surface area contributed by atoms with E-state index in [1.165, 1.54) is 6.33 Å². The lowest BCUT2D eigenvalue weighted by molar-refractivity contribution is -0.123. The number of hydrogen-bond acceptors (Lipinski definition) is 5. The molecule has 0 fully saturated rings. The summed E-state index contributed by atoms with van der Waals surface area (Å²) in [5.74, 6) is 0.283. The molecule has 0 aliphatic heterocycles. The maximum atomic E-state index is 11.9. The molecule has 17 heavy (non-hydrogen) atoms. The first kappa shape index (κ1) is 11.3. The van der Waals surface area contributed by atoms with E-state index in [4.69, 9.17) is 5.73 Å². The van der Waals surface area contributed by atoms with Crippen LogP contribution in [0.25, 0.3) is 11.2 Å². The van der Waals surface area contributed by atoms with Crippen LogP contribution < -0.4 is 11.1 Å². The number of H-pyrrole nitrogens is 1. The molecule has 0 unspecified atom stereocenters. The summed E-state index contributed by atoms with van der Waals surface area (Å²) in [6, 6.07) is 0. The van der Waals surface area contributed by atoms with Crippen molar-refractivity contribution in [2.45, 2.75) is 20.8 Å². The Balaban J connectivity index is 2.42. The fourth-order valence-corrected chi connectivity index (χ4v) is 1.24. The fourth-order valence-electron chi connectivity index (χ4n) is 1.24. The number of carbonyl (C=O) groups is 1. The Kier molecular flexibility index (Phi) is 2.45. The topological polar surface area (TPSA) is 110 Å². The summed E-state index contributed by atoms with van der Waals surface area (Å²) in [5, 5.41) is 2.71. The second-order valence-electron chi connectivity index (χ2n) is 4.74. The summed E-state index contributed by atoms with van der Waals surface area (Å²) in [7, 11) is 0. The first-order valence-corrected chi connectivity index (χ1v) is 5.16. The number of imidazole rings is 1. The number of aromatic amines is 1. The highest BCUT2D eigenvalue weighted by Gasteiger charge is 2.23. The molecule has 0 radical (unpaired) electrons. The SMILES string of the molecule is CC(C)(C)C(=O)Nc1nc(N)nc2nc[nH]c12. The van der Waals surface area contributed by atoms with E-state index in [9.17, 15) is 4.79 Å². The van der Waals surface area contributed by atoms with Crippen molar-refractivity contribution >= 4 is 28.8 Å². The van der Waals surface area contributed by atoms with Crippen LogP contribution in [0.2, 0.25) is 0 Å². The average molecular weight is 234 g/mol. The summed E-state index contributed by atoms with van der Waals surface area (Å²) >= 11 is 0. The number of aromatic nitrogens is 4. The molecule has 1 amide bonds. The zero-order valence-electron chi connectivity index (χ0n) is 9.90. The Morgan fingerprint density at radius 2 is 2.12 bits per heavy atom. The van der Waals surface area contributed by atoms with E-state index in [1.54, 1.807) is 0 Å². The van der Waals surface area contributed by atoms with Gasteiger partial charge < -0.3 is 16.0 Å². The van der Waals surface area contributed by atoms with Crippen LogP contribution in [0.4, 0.5) is 11.8 Å². The van der Waals surface area contributed by atoms with Gasteiger partial charge in [-0.05, 0) is 0 Å². The third-order valence-corrected chi connectivity index (χ3v) is 2.22. The van der Waals surface area contributed by atoms with Crippen LogP contribution in [0.5, 0.6) is 0 Å². The Morgan fingerprint density at radius 3 is 2.76 bits per heavy atom. The molecule has 2 aromatic rings. The van der Waals surface area contributed by atoms with Gasteiger partial charge in [0.1, 0.15) is 5.52 Å². The molecule has 90 valence electrons. The average Bonchev–Trinajstić information content (AvgIpc) is 2.63. The lowest BCUT2D eigenvalue weighted by Gasteiger charge is -2.17. The normalized spacial score (nSPS) is 11.7. The summed E-state index contributed by atoms with van der Waals surface area (Å²) in [4.78, 5) is 26.6. The molecule has 0 spiro atoms. The number of anilines is 2. The van der Waals surface area contributed by atoms with Crippen LogP contribution in [0.3, 0.4) is 0 Å². The zero-order chi connectivity index (χ0) is 12.6. The van der Waals surface area contributed by atoms with Gasteiger partial charge in [0.2, 0.25) is 11.9 Å². The molecular weight excluding hydrogens is 220 g/mol. The molecular formula is C10H14N6O. The molecule has 7 heteroatoms. The number of fused-ring (bicyclic) bond motifs is 1. The maximum Gasteiger partial charge on any atom is 0.230 e. The molecule has 2 aromatic heterocycles. The Hall–Kier alpha value is -2.18. The van der Waals surface area contributed by atoms with Gasteiger partial charge in [-0.25, -0.2) is 4.98 Å². The Bertz CT molecular complexity index is 568. The van der Waals surface area contributed by atoms with Crippen LogP contribution in [0, 0.1) is 5.41 Å². The number of amides is 1. The van der Waals surface area contributed by atoms with Gasteiger partial charge in [-0.3, -0.25) is 4.79 Å². The van der Waals surface area contributed by atoms with Crippen molar-refractivity contribution < 1.29 is 4.79 Å². The van der Waals surface area contributed by atoms with Gasteiger partial charge in [0.05, 0.1) is 6.33 Å². The number of nitrogen functional groups attached to an aromatic ring is 1. The highest BCUT2D eigenvalue weighted by atomic mass is 16.2. The highest BCUT2D eigenvalue weighted by molar-refractivity contribution is 5.99. The minimum atomic E-state index is -0.508. The van der Waals surface area contributed by atoms with Gasteiger partial charge in [0.25, 0.3) is 0 Å². The second-order valence-corrected chi connectivity index (χ2v) is 4.74. The molecule has 2 heterocycles. The molecule has 7 nitrogen and oxygen atoms in total. The number of nitrogens with two attached hydrogens (primary N) is 1. The van der Waals surface area contributed by atoms with Crippen LogP contribution in [0.15, 0.2) is 6.33 Å². The zero-order valence-corrected chi connectivity index (χ0v) is 9.90. The van der Waals surface area contributed by atoms with Crippen molar-refractivity contribution in [3.8, 4) is 0 Å². The van der Waals surface area contributed by atoms with Gasteiger partial charge in [-0.15, -0.1) is 0 Å². The van der Waals surface area contributed by atoms with E-state index < -0.39 is 5.41 Å². The van der Waals surface area contributed by atoms with E-state index in [1.807, 2.05) is 20.8 Å². The van der Waals surface area contributed by atoms with E-state index in [0.717, 1.165) is 0 Å². The van der Waals surface area contributed by atoms with Crippen LogP contribution >= 0.6 is 0 Å². The van der Waals surface area contributed by atoms with Crippen molar-refractivity contribution in [1.82, 2.24) is 19.9 Å².